The van der Waals surface area contributed by atoms with Gasteiger partial charge in [-0.1, -0.05) is 29.8 Å². The molecular formula is C17H19BClNO2. The molecule has 3 nitrogen and oxygen atoms in total. The molecule has 0 amide bonds. The zero-order chi connectivity index (χ0) is 16.0. The van der Waals surface area contributed by atoms with E-state index in [1.165, 1.54) is 0 Å². The Morgan fingerprint density at radius 2 is 1.59 bits per heavy atom. The van der Waals surface area contributed by atoms with Gasteiger partial charge >= 0.3 is 7.12 Å². The fraction of sp³-hybridized carbons (Fsp3) is 0.353. The summed E-state index contributed by atoms with van der Waals surface area (Å²) in [6, 6.07) is 13.5. The molecule has 114 valence electrons. The number of pyridine rings is 1. The molecule has 3 rings (SSSR count). The van der Waals surface area contributed by atoms with Crippen LogP contribution >= 0.6 is 11.6 Å². The second-order valence-electron chi connectivity index (χ2n) is 6.55. The van der Waals surface area contributed by atoms with Crippen LogP contribution in [0.2, 0.25) is 5.02 Å². The predicted octanol–water partition coefficient (Wildman–Crippen LogP) is 3.70. The molecule has 5 heteroatoms. The molecule has 0 spiro atoms. The first kappa shape index (κ1) is 15.5. The fourth-order valence-corrected chi connectivity index (χ4v) is 2.55. The first-order chi connectivity index (χ1) is 10.3. The lowest BCUT2D eigenvalue weighted by Crippen LogP contribution is -2.41. The normalized spacial score (nSPS) is 19.4. The highest BCUT2D eigenvalue weighted by Crippen LogP contribution is 2.36. The fourth-order valence-electron chi connectivity index (χ4n) is 2.36. The van der Waals surface area contributed by atoms with Crippen LogP contribution in [0.15, 0.2) is 42.5 Å². The van der Waals surface area contributed by atoms with Crippen LogP contribution in [0, 0.1) is 0 Å². The van der Waals surface area contributed by atoms with Crippen LogP contribution in [-0.4, -0.2) is 23.3 Å². The van der Waals surface area contributed by atoms with E-state index >= 15 is 0 Å². The molecule has 0 N–H and O–H groups in total. The van der Waals surface area contributed by atoms with Crippen molar-refractivity contribution in [3.63, 3.8) is 0 Å². The summed E-state index contributed by atoms with van der Waals surface area (Å²) in [5.74, 6) is 0. The van der Waals surface area contributed by atoms with Gasteiger partial charge in [-0.25, -0.2) is 0 Å². The largest absolute Gasteiger partial charge is 0.514 e. The van der Waals surface area contributed by atoms with Gasteiger partial charge in [0.25, 0.3) is 0 Å². The Morgan fingerprint density at radius 1 is 0.955 bits per heavy atom. The van der Waals surface area contributed by atoms with E-state index < -0.39 is 7.12 Å². The van der Waals surface area contributed by atoms with Crippen LogP contribution in [0.3, 0.4) is 0 Å². The summed E-state index contributed by atoms with van der Waals surface area (Å²) in [5.41, 5.74) is 1.87. The lowest BCUT2D eigenvalue weighted by Gasteiger charge is -2.32. The van der Waals surface area contributed by atoms with Crippen LogP contribution in [0.5, 0.6) is 0 Å². The Labute approximate surface area is 136 Å². The van der Waals surface area contributed by atoms with Gasteiger partial charge in [-0.05, 0) is 52.0 Å². The summed E-state index contributed by atoms with van der Waals surface area (Å²) in [7, 11) is -0.455. The SMILES string of the molecule is CC1(C)OB(c2cccc(-c3cccc(Cl)c3)n2)OC1(C)C. The Morgan fingerprint density at radius 3 is 2.23 bits per heavy atom. The van der Waals surface area contributed by atoms with Crippen molar-refractivity contribution in [2.75, 3.05) is 0 Å². The highest BCUT2D eigenvalue weighted by molar-refractivity contribution is 6.61. The summed E-state index contributed by atoms with van der Waals surface area (Å²) in [6.45, 7) is 8.14. The minimum atomic E-state index is -0.455. The topological polar surface area (TPSA) is 31.4 Å². The van der Waals surface area contributed by atoms with Crippen molar-refractivity contribution >= 4 is 24.3 Å². The van der Waals surface area contributed by atoms with Crippen molar-refractivity contribution in [3.8, 4) is 11.3 Å². The molecule has 22 heavy (non-hydrogen) atoms. The number of halogens is 1. The Kier molecular flexibility index (Phi) is 3.80. The van der Waals surface area contributed by atoms with Crippen LogP contribution in [-0.2, 0) is 9.31 Å². The number of hydrogen-bond acceptors (Lipinski definition) is 3. The molecule has 1 aliphatic heterocycles. The average Bonchev–Trinajstić information content (AvgIpc) is 2.68. The van der Waals surface area contributed by atoms with E-state index in [-0.39, 0.29) is 11.2 Å². The van der Waals surface area contributed by atoms with Crippen molar-refractivity contribution in [1.29, 1.82) is 0 Å². The second kappa shape index (κ2) is 5.37. The zero-order valence-corrected chi connectivity index (χ0v) is 14.0. The lowest BCUT2D eigenvalue weighted by molar-refractivity contribution is 0.00578. The molecule has 2 heterocycles. The average molecular weight is 316 g/mol. The molecule has 0 radical (unpaired) electrons. The maximum absolute atomic E-state index is 6.06. The third-order valence-electron chi connectivity index (χ3n) is 4.39. The van der Waals surface area contributed by atoms with E-state index in [2.05, 4.69) is 4.98 Å². The van der Waals surface area contributed by atoms with Crippen LogP contribution < -0.4 is 5.59 Å². The first-order valence-electron chi connectivity index (χ1n) is 7.37. The summed E-state index contributed by atoms with van der Waals surface area (Å²) >= 11 is 6.06. The highest BCUT2D eigenvalue weighted by atomic mass is 35.5. The Balaban J connectivity index is 1.93. The smallest absolute Gasteiger partial charge is 0.398 e. The van der Waals surface area contributed by atoms with E-state index in [0.717, 1.165) is 16.9 Å². The minimum Gasteiger partial charge on any atom is -0.398 e. The summed E-state index contributed by atoms with van der Waals surface area (Å²) in [5, 5.41) is 0.695. The van der Waals surface area contributed by atoms with Crippen LogP contribution in [0.4, 0.5) is 0 Å². The summed E-state index contributed by atoms with van der Waals surface area (Å²) in [6.07, 6.45) is 0. The number of hydrogen-bond donors (Lipinski definition) is 0. The van der Waals surface area contributed by atoms with Crippen molar-refractivity contribution in [1.82, 2.24) is 4.98 Å². The molecule has 1 saturated heterocycles. The molecule has 0 atom stereocenters. The molecule has 2 aromatic rings. The van der Waals surface area contributed by atoms with Gasteiger partial charge in [-0.3, -0.25) is 4.98 Å². The highest BCUT2D eigenvalue weighted by Gasteiger charge is 2.52. The van der Waals surface area contributed by atoms with E-state index in [0.29, 0.717) is 5.02 Å². The van der Waals surface area contributed by atoms with E-state index in [1.807, 2.05) is 70.2 Å². The van der Waals surface area contributed by atoms with Crippen LogP contribution in [0.1, 0.15) is 27.7 Å². The van der Waals surface area contributed by atoms with Crippen molar-refractivity contribution in [2.45, 2.75) is 38.9 Å². The van der Waals surface area contributed by atoms with E-state index in [1.54, 1.807) is 0 Å². The number of benzene rings is 1. The number of nitrogens with zero attached hydrogens (tertiary/aromatic N) is 1. The predicted molar refractivity (Wildman–Crippen MR) is 90.4 cm³/mol. The molecule has 0 aliphatic carbocycles. The number of aromatic nitrogens is 1. The van der Waals surface area contributed by atoms with Crippen molar-refractivity contribution < 1.29 is 9.31 Å². The third kappa shape index (κ3) is 2.79. The molecule has 1 aromatic carbocycles. The Bertz CT molecular complexity index is 687. The third-order valence-corrected chi connectivity index (χ3v) is 4.62. The standard InChI is InChI=1S/C17H19BClNO2/c1-16(2)17(3,4)22-18(21-16)15-10-6-9-14(20-15)12-7-5-8-13(19)11-12/h5-11H,1-4H3. The van der Waals surface area contributed by atoms with Gasteiger partial charge in [0.05, 0.1) is 22.5 Å². The van der Waals surface area contributed by atoms with Gasteiger partial charge in [-0.2, -0.15) is 0 Å². The zero-order valence-electron chi connectivity index (χ0n) is 13.3. The minimum absolute atomic E-state index is 0.370. The van der Waals surface area contributed by atoms with Crippen molar-refractivity contribution in [3.05, 3.63) is 47.5 Å². The summed E-state index contributed by atoms with van der Waals surface area (Å²) in [4.78, 5) is 4.69. The molecule has 0 unspecified atom stereocenters. The molecule has 1 aromatic heterocycles. The maximum Gasteiger partial charge on any atom is 0.514 e. The van der Waals surface area contributed by atoms with E-state index in [9.17, 15) is 0 Å². The van der Waals surface area contributed by atoms with Crippen molar-refractivity contribution in [2.24, 2.45) is 0 Å². The molecular weight excluding hydrogens is 296 g/mol. The molecule has 0 bridgehead atoms. The molecule has 1 fully saturated rings. The Hall–Kier alpha value is -1.36. The maximum atomic E-state index is 6.06. The molecule has 1 aliphatic rings. The van der Waals surface area contributed by atoms with E-state index in [4.69, 9.17) is 20.9 Å². The first-order valence-corrected chi connectivity index (χ1v) is 7.75. The van der Waals surface area contributed by atoms with Gasteiger partial charge < -0.3 is 9.31 Å². The lowest BCUT2D eigenvalue weighted by atomic mass is 9.84. The van der Waals surface area contributed by atoms with Crippen LogP contribution in [0.25, 0.3) is 11.3 Å². The van der Waals surface area contributed by atoms with Gasteiger partial charge in [0.15, 0.2) is 0 Å². The van der Waals surface area contributed by atoms with Gasteiger partial charge in [0.1, 0.15) is 0 Å². The summed E-state index contributed by atoms with van der Waals surface area (Å²) < 4.78 is 12.1. The van der Waals surface area contributed by atoms with Gasteiger partial charge in [0.2, 0.25) is 0 Å². The monoisotopic (exact) mass is 315 g/mol. The number of rotatable bonds is 2. The van der Waals surface area contributed by atoms with Gasteiger partial charge in [-0.15, -0.1) is 0 Å². The second-order valence-corrected chi connectivity index (χ2v) is 6.98. The van der Waals surface area contributed by atoms with Gasteiger partial charge in [0, 0.05) is 10.6 Å². The quantitative estimate of drug-likeness (QED) is 0.792. The molecule has 0 saturated carbocycles.